The largest absolute Gasteiger partial charge is 0.365 e. The van der Waals surface area contributed by atoms with Crippen LogP contribution in [0, 0.1) is 6.92 Å². The molecule has 0 aromatic heterocycles. The summed E-state index contributed by atoms with van der Waals surface area (Å²) in [5, 5.41) is 8.56. The fraction of sp³-hybridized carbons (Fsp3) is 0.154. The lowest BCUT2D eigenvalue weighted by molar-refractivity contribution is 0.0515. The van der Waals surface area contributed by atoms with Crippen LogP contribution in [0.5, 0.6) is 0 Å². The van der Waals surface area contributed by atoms with Crippen molar-refractivity contribution in [2.24, 2.45) is 5.16 Å². The molecule has 0 aliphatic heterocycles. The smallest absolute Gasteiger partial charge is 0.313 e. The van der Waals surface area contributed by atoms with E-state index in [9.17, 15) is 9.59 Å². The highest BCUT2D eigenvalue weighted by atomic mass is 35.5. The normalized spacial score (nSPS) is 13.6. The number of carbonyl (C=O) groups is 2. The molecule has 0 heterocycles. The first-order valence-electron chi connectivity index (χ1n) is 15.2. The third-order valence-electron chi connectivity index (χ3n) is 8.18. The second-order valence-corrected chi connectivity index (χ2v) is 12.8. The zero-order chi connectivity index (χ0) is 32.0. The molecule has 0 saturated carbocycles. The number of nitrogens with zero attached hydrogens (tertiary/aromatic N) is 1. The van der Waals surface area contributed by atoms with Gasteiger partial charge in [0.15, 0.2) is 5.78 Å². The van der Waals surface area contributed by atoms with Crippen LogP contribution in [0.25, 0.3) is 11.1 Å². The molecule has 5 aromatic rings. The van der Waals surface area contributed by atoms with E-state index in [4.69, 9.17) is 16.4 Å². The van der Waals surface area contributed by atoms with Gasteiger partial charge in [0.05, 0.1) is 17.3 Å². The van der Waals surface area contributed by atoms with Crippen LogP contribution in [-0.4, -0.2) is 30.3 Å². The van der Waals surface area contributed by atoms with Crippen molar-refractivity contribution < 1.29 is 14.4 Å². The van der Waals surface area contributed by atoms with E-state index in [-0.39, 0.29) is 11.8 Å². The van der Waals surface area contributed by atoms with Crippen LogP contribution in [0.1, 0.15) is 67.4 Å². The fourth-order valence-corrected chi connectivity index (χ4v) is 6.77. The standard InChI is InChI=1S/C39H33ClN2O3S/c1-25-9-6-7-12-31(25)38(43)28-15-21-33-35(24-28)34-23-27(14-20-32(34)37(33)41-2)36(42-45-39(44)26-10-4-3-5-11-26)13-8-22-46-30-18-16-29(40)17-19-30/h3-7,9-12,14-21,23-24,37,41H,8,13,22H2,1-2H3/b42-36+. The highest BCUT2D eigenvalue weighted by Gasteiger charge is 2.29. The molecule has 1 aliphatic rings. The number of thioether (sulfide) groups is 1. The molecule has 1 unspecified atom stereocenters. The van der Waals surface area contributed by atoms with E-state index in [0.29, 0.717) is 33.8 Å². The molecule has 1 N–H and O–H groups in total. The molecule has 0 radical (unpaired) electrons. The summed E-state index contributed by atoms with van der Waals surface area (Å²) in [6.45, 7) is 1.96. The second-order valence-electron chi connectivity index (χ2n) is 11.2. The lowest BCUT2D eigenvalue weighted by atomic mass is 9.94. The monoisotopic (exact) mass is 644 g/mol. The first-order valence-corrected chi connectivity index (χ1v) is 16.6. The molecule has 0 fully saturated rings. The van der Waals surface area contributed by atoms with Gasteiger partial charge < -0.3 is 10.2 Å². The number of halogens is 1. The van der Waals surface area contributed by atoms with Gasteiger partial charge in [-0.05, 0) is 114 Å². The Balaban J connectivity index is 1.31. The van der Waals surface area contributed by atoms with Crippen molar-refractivity contribution >= 4 is 40.8 Å². The third-order valence-corrected chi connectivity index (χ3v) is 9.53. The summed E-state index contributed by atoms with van der Waals surface area (Å²) in [5.41, 5.74) is 8.57. The Morgan fingerprint density at radius 2 is 1.46 bits per heavy atom. The van der Waals surface area contributed by atoms with Crippen LogP contribution in [-0.2, 0) is 4.84 Å². The highest BCUT2D eigenvalue weighted by molar-refractivity contribution is 7.99. The van der Waals surface area contributed by atoms with Crippen molar-refractivity contribution in [3.8, 4) is 11.1 Å². The first-order chi connectivity index (χ1) is 22.4. The number of oxime groups is 1. The molecule has 6 rings (SSSR count). The predicted molar refractivity (Wildman–Crippen MR) is 187 cm³/mol. The number of hydrogen-bond donors (Lipinski definition) is 1. The van der Waals surface area contributed by atoms with Crippen LogP contribution < -0.4 is 5.32 Å². The minimum absolute atomic E-state index is 0.000208. The van der Waals surface area contributed by atoms with Gasteiger partial charge in [0, 0.05) is 21.0 Å². The van der Waals surface area contributed by atoms with Gasteiger partial charge in [0.25, 0.3) is 0 Å². The minimum Gasteiger partial charge on any atom is -0.313 e. The Hall–Kier alpha value is -4.49. The topological polar surface area (TPSA) is 67.8 Å². The van der Waals surface area contributed by atoms with Crippen molar-refractivity contribution in [2.75, 3.05) is 12.8 Å². The minimum atomic E-state index is -0.505. The lowest BCUT2D eigenvalue weighted by Gasteiger charge is -2.13. The average molecular weight is 645 g/mol. The molecule has 0 spiro atoms. The summed E-state index contributed by atoms with van der Waals surface area (Å²) < 4.78 is 0. The summed E-state index contributed by atoms with van der Waals surface area (Å²) in [6.07, 6.45) is 1.42. The van der Waals surface area contributed by atoms with E-state index in [2.05, 4.69) is 22.6 Å². The van der Waals surface area contributed by atoms with Gasteiger partial charge in [-0.3, -0.25) is 4.79 Å². The molecule has 0 bridgehead atoms. The van der Waals surface area contributed by atoms with Crippen molar-refractivity contribution in [1.82, 2.24) is 5.32 Å². The Kier molecular flexibility index (Phi) is 9.79. The lowest BCUT2D eigenvalue weighted by Crippen LogP contribution is -2.15. The number of ketones is 1. The van der Waals surface area contributed by atoms with Gasteiger partial charge in [-0.25, -0.2) is 4.79 Å². The average Bonchev–Trinajstić information content (AvgIpc) is 3.41. The van der Waals surface area contributed by atoms with Crippen LogP contribution in [0.2, 0.25) is 5.02 Å². The van der Waals surface area contributed by atoms with Gasteiger partial charge in [0.1, 0.15) is 0 Å². The van der Waals surface area contributed by atoms with Gasteiger partial charge in [0.2, 0.25) is 0 Å². The Bertz CT molecular complexity index is 1920. The quantitative estimate of drug-likeness (QED) is 0.0388. The van der Waals surface area contributed by atoms with Crippen molar-refractivity contribution in [3.05, 3.63) is 159 Å². The maximum absolute atomic E-state index is 13.5. The molecule has 0 saturated heterocycles. The Morgan fingerprint density at radius 3 is 2.15 bits per heavy atom. The number of fused-ring (bicyclic) bond motifs is 3. The molecule has 1 aliphatic carbocycles. The Labute approximate surface area is 278 Å². The number of rotatable bonds is 11. The number of hydrogen-bond acceptors (Lipinski definition) is 6. The van der Waals surface area contributed by atoms with Crippen LogP contribution in [0.15, 0.2) is 125 Å². The molecule has 0 amide bonds. The number of carbonyl (C=O) groups excluding carboxylic acids is 2. The molecule has 46 heavy (non-hydrogen) atoms. The summed E-state index contributed by atoms with van der Waals surface area (Å²) in [6, 6.07) is 36.5. The SMILES string of the molecule is CNC1c2ccc(C(=O)c3ccccc3C)cc2-c2cc(/C(CCCSc3ccc(Cl)cc3)=N/OC(=O)c3ccccc3)ccc21. The fourth-order valence-electron chi connectivity index (χ4n) is 5.79. The van der Waals surface area contributed by atoms with Gasteiger partial charge in [-0.1, -0.05) is 83.5 Å². The molecule has 7 heteroatoms. The molecular formula is C39H33ClN2O3S. The number of nitrogens with one attached hydrogen (secondary N) is 1. The van der Waals surface area contributed by atoms with E-state index in [0.717, 1.165) is 50.4 Å². The van der Waals surface area contributed by atoms with Gasteiger partial charge >= 0.3 is 5.97 Å². The number of aryl methyl sites for hydroxylation is 1. The van der Waals surface area contributed by atoms with Crippen LogP contribution in [0.3, 0.4) is 0 Å². The van der Waals surface area contributed by atoms with E-state index in [1.165, 1.54) is 0 Å². The van der Waals surface area contributed by atoms with Crippen molar-refractivity contribution in [2.45, 2.75) is 30.7 Å². The summed E-state index contributed by atoms with van der Waals surface area (Å²) in [5.74, 6) is 0.349. The summed E-state index contributed by atoms with van der Waals surface area (Å²) in [4.78, 5) is 33.0. The maximum atomic E-state index is 13.5. The molecular weight excluding hydrogens is 612 g/mol. The van der Waals surface area contributed by atoms with Crippen LogP contribution >= 0.6 is 23.4 Å². The highest BCUT2D eigenvalue weighted by Crippen LogP contribution is 2.44. The summed E-state index contributed by atoms with van der Waals surface area (Å²) >= 11 is 7.79. The molecule has 1 atom stereocenters. The zero-order valence-corrected chi connectivity index (χ0v) is 27.2. The second kappa shape index (κ2) is 14.3. The summed E-state index contributed by atoms with van der Waals surface area (Å²) in [7, 11) is 1.94. The first kappa shape index (κ1) is 31.5. The van der Waals surface area contributed by atoms with E-state index in [1.54, 1.807) is 36.0 Å². The predicted octanol–water partition coefficient (Wildman–Crippen LogP) is 9.30. The van der Waals surface area contributed by atoms with Crippen LogP contribution in [0.4, 0.5) is 0 Å². The van der Waals surface area contributed by atoms with Crippen molar-refractivity contribution in [3.63, 3.8) is 0 Å². The maximum Gasteiger partial charge on any atom is 0.365 e. The zero-order valence-electron chi connectivity index (χ0n) is 25.6. The van der Waals surface area contributed by atoms with E-state index >= 15 is 0 Å². The van der Waals surface area contributed by atoms with E-state index in [1.807, 2.05) is 92.8 Å². The van der Waals surface area contributed by atoms with Gasteiger partial charge in [-0.15, -0.1) is 11.8 Å². The van der Waals surface area contributed by atoms with Gasteiger partial charge in [-0.2, -0.15) is 0 Å². The molecule has 5 nitrogen and oxygen atoms in total. The van der Waals surface area contributed by atoms with Crippen molar-refractivity contribution in [1.29, 1.82) is 0 Å². The number of benzene rings is 5. The van der Waals surface area contributed by atoms with E-state index < -0.39 is 5.97 Å². The molecule has 230 valence electrons. The molecule has 5 aromatic carbocycles. The Morgan fingerprint density at radius 1 is 0.804 bits per heavy atom. The third kappa shape index (κ3) is 6.85.